The summed E-state index contributed by atoms with van der Waals surface area (Å²) in [6.45, 7) is 2.97. The van der Waals surface area contributed by atoms with Crippen LogP contribution in [0.25, 0.3) is 0 Å². The van der Waals surface area contributed by atoms with E-state index in [0.29, 0.717) is 24.7 Å². The van der Waals surface area contributed by atoms with E-state index in [1.54, 1.807) is 0 Å². The van der Waals surface area contributed by atoms with Gasteiger partial charge in [0.15, 0.2) is 0 Å². The molecule has 2 aliphatic carbocycles. The second kappa shape index (κ2) is 5.63. The first-order chi connectivity index (χ1) is 8.20. The molecule has 1 amide bonds. The van der Waals surface area contributed by atoms with Gasteiger partial charge in [0.1, 0.15) is 12.4 Å². The minimum absolute atomic E-state index is 0.104. The molecule has 4 nitrogen and oxygen atoms in total. The van der Waals surface area contributed by atoms with Crippen LogP contribution in [0.5, 0.6) is 0 Å². The van der Waals surface area contributed by atoms with Crippen molar-refractivity contribution in [2.24, 2.45) is 0 Å². The van der Waals surface area contributed by atoms with Crippen molar-refractivity contribution in [3.05, 3.63) is 0 Å². The summed E-state index contributed by atoms with van der Waals surface area (Å²) in [6.07, 6.45) is 5.16. The number of hydrogen-bond donors (Lipinski definition) is 0. The number of amides is 1. The van der Waals surface area contributed by atoms with Crippen LogP contribution in [0.3, 0.4) is 0 Å². The molecule has 0 saturated heterocycles. The smallest absolute Gasteiger partial charge is 0.248 e. The van der Waals surface area contributed by atoms with E-state index in [-0.39, 0.29) is 18.6 Å². The van der Waals surface area contributed by atoms with Gasteiger partial charge >= 0.3 is 0 Å². The maximum atomic E-state index is 11.9. The third kappa shape index (κ3) is 3.53. The highest BCUT2D eigenvalue weighted by Gasteiger charge is 2.31. The lowest BCUT2D eigenvalue weighted by atomic mass is 9.96. The number of ether oxygens (including phenoxy) is 1. The summed E-state index contributed by atoms with van der Waals surface area (Å²) in [4.78, 5) is 24.9. The molecular formula is C13H21NO3. The van der Waals surface area contributed by atoms with Crippen LogP contribution in [-0.4, -0.2) is 41.9 Å². The summed E-state index contributed by atoms with van der Waals surface area (Å²) >= 11 is 0. The number of nitrogens with zero attached hydrogens (tertiary/aromatic N) is 1. The normalized spacial score (nSPS) is 21.6. The number of likely N-dealkylation sites (N-methyl/N-ethyl adjacent to an activating group) is 1. The topological polar surface area (TPSA) is 46.6 Å². The Hall–Kier alpha value is -0.900. The van der Waals surface area contributed by atoms with Crippen LogP contribution >= 0.6 is 0 Å². The van der Waals surface area contributed by atoms with E-state index in [1.807, 2.05) is 11.8 Å². The predicted molar refractivity (Wildman–Crippen MR) is 63.6 cm³/mol. The van der Waals surface area contributed by atoms with Gasteiger partial charge in [-0.2, -0.15) is 0 Å². The highest BCUT2D eigenvalue weighted by molar-refractivity contribution is 5.79. The Morgan fingerprint density at radius 2 is 1.94 bits per heavy atom. The fourth-order valence-corrected chi connectivity index (χ4v) is 2.38. The molecule has 0 aromatic heterocycles. The van der Waals surface area contributed by atoms with Crippen molar-refractivity contribution < 1.29 is 14.3 Å². The average molecular weight is 239 g/mol. The fourth-order valence-electron chi connectivity index (χ4n) is 2.38. The molecule has 0 N–H and O–H groups in total. The van der Waals surface area contributed by atoms with Crippen molar-refractivity contribution >= 4 is 11.7 Å². The van der Waals surface area contributed by atoms with Crippen LogP contribution in [0.4, 0.5) is 0 Å². The van der Waals surface area contributed by atoms with Crippen molar-refractivity contribution in [1.29, 1.82) is 0 Å². The fraction of sp³-hybridized carbons (Fsp3) is 0.846. The third-order valence-corrected chi connectivity index (χ3v) is 3.58. The summed E-state index contributed by atoms with van der Waals surface area (Å²) in [5.74, 6) is 0.427. The maximum absolute atomic E-state index is 11.9. The number of rotatable bonds is 5. The Morgan fingerprint density at radius 3 is 2.47 bits per heavy atom. The van der Waals surface area contributed by atoms with Crippen LogP contribution in [0.1, 0.15) is 45.4 Å². The Bertz CT molecular complexity index is 289. The van der Waals surface area contributed by atoms with Crippen molar-refractivity contribution in [1.82, 2.24) is 4.90 Å². The molecule has 0 heterocycles. The van der Waals surface area contributed by atoms with Gasteiger partial charge in [0, 0.05) is 25.4 Å². The van der Waals surface area contributed by atoms with Gasteiger partial charge in [-0.3, -0.25) is 9.59 Å². The molecular weight excluding hydrogens is 218 g/mol. The SMILES string of the molecule is CCN(C(=O)COC1CCC(=O)CC1)C1CC1. The van der Waals surface area contributed by atoms with Crippen molar-refractivity contribution in [2.45, 2.75) is 57.6 Å². The molecule has 0 aromatic carbocycles. The zero-order valence-electron chi connectivity index (χ0n) is 10.5. The standard InChI is InChI=1S/C13H21NO3/c1-2-14(10-3-4-10)13(16)9-17-12-7-5-11(15)6-8-12/h10,12H,2-9H2,1H3. The second-order valence-corrected chi connectivity index (χ2v) is 4.96. The van der Waals surface area contributed by atoms with E-state index >= 15 is 0 Å². The summed E-state index contributed by atoms with van der Waals surface area (Å²) < 4.78 is 5.61. The number of Topliss-reactive ketones (excluding diaryl/α,β-unsaturated/α-hetero) is 1. The summed E-state index contributed by atoms with van der Waals surface area (Å²) in [6, 6.07) is 0.462. The van der Waals surface area contributed by atoms with Crippen LogP contribution < -0.4 is 0 Å². The Kier molecular flexibility index (Phi) is 4.15. The monoisotopic (exact) mass is 239 g/mol. The predicted octanol–water partition coefficient (Wildman–Crippen LogP) is 1.53. The van der Waals surface area contributed by atoms with Crippen molar-refractivity contribution in [2.75, 3.05) is 13.2 Å². The van der Waals surface area contributed by atoms with Gasteiger partial charge in [0.05, 0.1) is 6.10 Å². The summed E-state index contributed by atoms with van der Waals surface area (Å²) in [7, 11) is 0. The van der Waals surface area contributed by atoms with Crippen LogP contribution in [-0.2, 0) is 14.3 Å². The van der Waals surface area contributed by atoms with Gasteiger partial charge in [-0.25, -0.2) is 0 Å². The first-order valence-electron chi connectivity index (χ1n) is 6.63. The summed E-state index contributed by atoms with van der Waals surface area (Å²) in [5.41, 5.74) is 0. The van der Waals surface area contributed by atoms with Crippen LogP contribution in [0.2, 0.25) is 0 Å². The lowest BCUT2D eigenvalue weighted by Crippen LogP contribution is -2.37. The average Bonchev–Trinajstić information content (AvgIpc) is 3.14. The molecule has 0 aromatic rings. The zero-order chi connectivity index (χ0) is 12.3. The van der Waals surface area contributed by atoms with Crippen molar-refractivity contribution in [3.8, 4) is 0 Å². The molecule has 0 aliphatic heterocycles. The number of ketones is 1. The lowest BCUT2D eigenvalue weighted by molar-refractivity contribution is -0.139. The van der Waals surface area contributed by atoms with Gasteiger partial charge in [-0.15, -0.1) is 0 Å². The molecule has 0 bridgehead atoms. The van der Waals surface area contributed by atoms with Gasteiger partial charge in [0.2, 0.25) is 5.91 Å². The van der Waals surface area contributed by atoms with E-state index in [2.05, 4.69) is 0 Å². The Labute approximate surface area is 102 Å². The first-order valence-corrected chi connectivity index (χ1v) is 6.63. The number of carbonyl (C=O) groups is 2. The second-order valence-electron chi connectivity index (χ2n) is 4.96. The van der Waals surface area contributed by atoms with Crippen LogP contribution in [0.15, 0.2) is 0 Å². The van der Waals surface area contributed by atoms with E-state index in [1.165, 1.54) is 0 Å². The summed E-state index contributed by atoms with van der Waals surface area (Å²) in [5, 5.41) is 0. The molecule has 96 valence electrons. The molecule has 2 rings (SSSR count). The van der Waals surface area contributed by atoms with E-state index in [4.69, 9.17) is 4.74 Å². The van der Waals surface area contributed by atoms with Gasteiger partial charge in [-0.1, -0.05) is 0 Å². The number of carbonyl (C=O) groups excluding carboxylic acids is 2. The lowest BCUT2D eigenvalue weighted by Gasteiger charge is -2.24. The molecule has 0 spiro atoms. The minimum atomic E-state index is 0.104. The minimum Gasteiger partial charge on any atom is -0.368 e. The molecule has 0 unspecified atom stereocenters. The van der Waals surface area contributed by atoms with Gasteiger partial charge < -0.3 is 9.64 Å². The molecule has 2 fully saturated rings. The quantitative estimate of drug-likeness (QED) is 0.731. The van der Waals surface area contributed by atoms with Crippen LogP contribution in [0, 0.1) is 0 Å². The molecule has 0 radical (unpaired) electrons. The maximum Gasteiger partial charge on any atom is 0.248 e. The molecule has 0 atom stereocenters. The van der Waals surface area contributed by atoms with Crippen molar-refractivity contribution in [3.63, 3.8) is 0 Å². The van der Waals surface area contributed by atoms with Gasteiger partial charge in [-0.05, 0) is 32.6 Å². The van der Waals surface area contributed by atoms with Gasteiger partial charge in [0.25, 0.3) is 0 Å². The molecule has 17 heavy (non-hydrogen) atoms. The van der Waals surface area contributed by atoms with E-state index in [9.17, 15) is 9.59 Å². The molecule has 4 heteroatoms. The molecule has 2 aliphatic rings. The Balaban J connectivity index is 1.70. The molecule has 2 saturated carbocycles. The first kappa shape index (κ1) is 12.6. The zero-order valence-corrected chi connectivity index (χ0v) is 10.5. The largest absolute Gasteiger partial charge is 0.368 e. The Morgan fingerprint density at radius 1 is 1.29 bits per heavy atom. The third-order valence-electron chi connectivity index (χ3n) is 3.58. The van der Waals surface area contributed by atoms with E-state index in [0.717, 1.165) is 32.2 Å². The van der Waals surface area contributed by atoms with E-state index < -0.39 is 0 Å². The number of hydrogen-bond acceptors (Lipinski definition) is 3. The highest BCUT2D eigenvalue weighted by atomic mass is 16.5. The highest BCUT2D eigenvalue weighted by Crippen LogP contribution is 2.26.